The predicted molar refractivity (Wildman–Crippen MR) is 119 cm³/mol. The fraction of sp³-hybridized carbons (Fsp3) is 0.333. The summed E-state index contributed by atoms with van der Waals surface area (Å²) < 4.78 is 37.3. The van der Waals surface area contributed by atoms with Crippen LogP contribution in [0.1, 0.15) is 39.9 Å². The van der Waals surface area contributed by atoms with Gasteiger partial charge < -0.3 is 9.15 Å². The van der Waals surface area contributed by atoms with Gasteiger partial charge in [0.2, 0.25) is 10.0 Å². The SMILES string of the molecule is Cc1cc2occ(CC(=O)OCC(=O)c3ccc(S(=O)(=O)N4CCCC4)cc3)c2cc1C. The Balaban J connectivity index is 1.36. The van der Waals surface area contributed by atoms with Crippen LogP contribution in [0.2, 0.25) is 0 Å². The topological polar surface area (TPSA) is 93.9 Å². The van der Waals surface area contributed by atoms with Gasteiger partial charge in [-0.2, -0.15) is 4.31 Å². The Kier molecular flexibility index (Phi) is 6.17. The van der Waals surface area contributed by atoms with Gasteiger partial charge in [-0.1, -0.05) is 0 Å². The van der Waals surface area contributed by atoms with Crippen LogP contribution in [0.25, 0.3) is 11.0 Å². The highest BCUT2D eigenvalue weighted by molar-refractivity contribution is 7.89. The lowest BCUT2D eigenvalue weighted by Gasteiger charge is -2.15. The van der Waals surface area contributed by atoms with Crippen LogP contribution in [0.5, 0.6) is 0 Å². The van der Waals surface area contributed by atoms with Gasteiger partial charge in [0, 0.05) is 29.6 Å². The lowest BCUT2D eigenvalue weighted by molar-refractivity contribution is -0.141. The fourth-order valence-electron chi connectivity index (χ4n) is 3.80. The van der Waals surface area contributed by atoms with Gasteiger partial charge in [0.05, 0.1) is 17.6 Å². The Morgan fingerprint density at radius 1 is 1.03 bits per heavy atom. The van der Waals surface area contributed by atoms with Crippen LogP contribution in [-0.4, -0.2) is 44.2 Å². The summed E-state index contributed by atoms with van der Waals surface area (Å²) in [4.78, 5) is 24.8. The summed E-state index contributed by atoms with van der Waals surface area (Å²) in [6.07, 6.45) is 3.24. The van der Waals surface area contributed by atoms with Crippen molar-refractivity contribution in [1.29, 1.82) is 0 Å². The molecule has 0 radical (unpaired) electrons. The Morgan fingerprint density at radius 2 is 1.69 bits per heavy atom. The molecule has 7 nitrogen and oxygen atoms in total. The maximum absolute atomic E-state index is 12.6. The Hall–Kier alpha value is -2.97. The normalized spacial score (nSPS) is 14.7. The molecule has 1 aliphatic rings. The van der Waals surface area contributed by atoms with Gasteiger partial charge in [0.25, 0.3) is 0 Å². The summed E-state index contributed by atoms with van der Waals surface area (Å²) in [5, 5.41) is 0.853. The van der Waals surface area contributed by atoms with Crippen molar-refractivity contribution in [3.63, 3.8) is 0 Å². The number of furan rings is 1. The lowest BCUT2D eigenvalue weighted by atomic mass is 10.0. The van der Waals surface area contributed by atoms with Crippen LogP contribution in [0, 0.1) is 13.8 Å². The number of carbonyl (C=O) groups excluding carboxylic acids is 2. The first-order valence-corrected chi connectivity index (χ1v) is 12.0. The molecule has 8 heteroatoms. The summed E-state index contributed by atoms with van der Waals surface area (Å²) in [5.41, 5.74) is 3.90. The van der Waals surface area contributed by atoms with Crippen LogP contribution < -0.4 is 0 Å². The minimum Gasteiger partial charge on any atom is -0.464 e. The van der Waals surface area contributed by atoms with Crippen LogP contribution in [-0.2, 0) is 26.0 Å². The zero-order chi connectivity index (χ0) is 22.9. The van der Waals surface area contributed by atoms with Crippen molar-refractivity contribution < 1.29 is 27.2 Å². The van der Waals surface area contributed by atoms with E-state index in [1.165, 1.54) is 34.8 Å². The van der Waals surface area contributed by atoms with Crippen molar-refractivity contribution in [2.24, 2.45) is 0 Å². The largest absolute Gasteiger partial charge is 0.464 e. The van der Waals surface area contributed by atoms with Gasteiger partial charge in [-0.25, -0.2) is 8.42 Å². The van der Waals surface area contributed by atoms with E-state index in [1.54, 1.807) is 0 Å². The smallest absolute Gasteiger partial charge is 0.310 e. The van der Waals surface area contributed by atoms with E-state index < -0.39 is 28.4 Å². The van der Waals surface area contributed by atoms with Gasteiger partial charge in [-0.3, -0.25) is 9.59 Å². The first-order valence-electron chi connectivity index (χ1n) is 10.5. The number of ether oxygens (including phenoxy) is 1. The zero-order valence-electron chi connectivity index (χ0n) is 18.1. The number of nitrogens with zero attached hydrogens (tertiary/aromatic N) is 1. The molecule has 3 aromatic rings. The third kappa shape index (κ3) is 4.47. The predicted octanol–water partition coefficient (Wildman–Crippen LogP) is 3.80. The molecular weight excluding hydrogens is 430 g/mol. The molecule has 1 saturated heterocycles. The van der Waals surface area contributed by atoms with Crippen LogP contribution in [0.15, 0.2) is 52.0 Å². The average Bonchev–Trinajstić information content (AvgIpc) is 3.44. The molecule has 0 aliphatic carbocycles. The minimum atomic E-state index is -3.53. The number of aryl methyl sites for hydroxylation is 2. The molecule has 0 unspecified atom stereocenters. The number of hydrogen-bond acceptors (Lipinski definition) is 6. The second-order valence-corrected chi connectivity index (χ2v) is 10.0. The van der Waals surface area contributed by atoms with Crippen LogP contribution >= 0.6 is 0 Å². The van der Waals surface area contributed by atoms with Crippen molar-refractivity contribution in [1.82, 2.24) is 4.31 Å². The van der Waals surface area contributed by atoms with Crippen LogP contribution in [0.3, 0.4) is 0 Å². The third-order valence-electron chi connectivity index (χ3n) is 5.85. The van der Waals surface area contributed by atoms with E-state index >= 15 is 0 Å². The molecule has 4 rings (SSSR count). The molecule has 1 aliphatic heterocycles. The summed E-state index contributed by atoms with van der Waals surface area (Å²) in [5.74, 6) is -0.931. The number of fused-ring (bicyclic) bond motifs is 1. The van der Waals surface area contributed by atoms with E-state index in [1.807, 2.05) is 26.0 Å². The number of esters is 1. The van der Waals surface area contributed by atoms with Crippen LogP contribution in [0.4, 0.5) is 0 Å². The molecule has 0 spiro atoms. The van der Waals surface area contributed by atoms with E-state index in [0.717, 1.165) is 29.4 Å². The number of benzene rings is 2. The monoisotopic (exact) mass is 455 g/mol. The molecule has 2 heterocycles. The Morgan fingerprint density at radius 3 is 2.38 bits per heavy atom. The summed E-state index contributed by atoms with van der Waals surface area (Å²) in [6, 6.07) is 9.65. The second kappa shape index (κ2) is 8.88. The van der Waals surface area contributed by atoms with E-state index in [4.69, 9.17) is 9.15 Å². The molecule has 0 N–H and O–H groups in total. The average molecular weight is 456 g/mol. The van der Waals surface area contributed by atoms with Crippen molar-refractivity contribution in [3.05, 3.63) is 64.9 Å². The lowest BCUT2D eigenvalue weighted by Crippen LogP contribution is -2.27. The number of carbonyl (C=O) groups is 2. The van der Waals surface area contributed by atoms with Gasteiger partial charge >= 0.3 is 5.97 Å². The molecule has 0 saturated carbocycles. The van der Waals surface area contributed by atoms with Gasteiger partial charge in [-0.05, 0) is 74.2 Å². The van der Waals surface area contributed by atoms with Crippen molar-refractivity contribution in [2.45, 2.75) is 38.0 Å². The maximum atomic E-state index is 12.6. The second-order valence-electron chi connectivity index (χ2n) is 8.09. The minimum absolute atomic E-state index is 0.00417. The Bertz CT molecular complexity index is 1270. The highest BCUT2D eigenvalue weighted by Crippen LogP contribution is 2.25. The Labute approximate surface area is 187 Å². The number of Topliss-reactive ketones (excluding diaryl/α,β-unsaturated/α-hetero) is 1. The summed E-state index contributed by atoms with van der Waals surface area (Å²) in [6.45, 7) is 4.61. The molecular formula is C24H25NO6S. The number of hydrogen-bond donors (Lipinski definition) is 0. The zero-order valence-corrected chi connectivity index (χ0v) is 18.9. The highest BCUT2D eigenvalue weighted by atomic mass is 32.2. The number of sulfonamides is 1. The summed E-state index contributed by atoms with van der Waals surface area (Å²) >= 11 is 0. The number of rotatable bonds is 7. The fourth-order valence-corrected chi connectivity index (χ4v) is 5.32. The summed E-state index contributed by atoms with van der Waals surface area (Å²) in [7, 11) is -3.53. The quantitative estimate of drug-likeness (QED) is 0.397. The van der Waals surface area contributed by atoms with Crippen molar-refractivity contribution in [3.8, 4) is 0 Å². The van der Waals surface area contributed by atoms with E-state index in [0.29, 0.717) is 24.2 Å². The molecule has 1 aromatic heterocycles. The van der Waals surface area contributed by atoms with E-state index in [2.05, 4.69) is 0 Å². The standard InChI is InChI=1S/C24H25NO6S/c1-16-11-21-19(14-30-23(21)12-17(16)2)13-24(27)31-15-22(26)18-5-7-20(8-6-18)32(28,29)25-9-3-4-10-25/h5-8,11-12,14H,3-4,9-10,13,15H2,1-2H3. The van der Waals surface area contributed by atoms with E-state index in [9.17, 15) is 18.0 Å². The molecule has 0 bridgehead atoms. The van der Waals surface area contributed by atoms with Crippen molar-refractivity contribution in [2.75, 3.05) is 19.7 Å². The van der Waals surface area contributed by atoms with Gasteiger partial charge in [-0.15, -0.1) is 0 Å². The molecule has 0 atom stereocenters. The van der Waals surface area contributed by atoms with Gasteiger partial charge in [0.15, 0.2) is 12.4 Å². The first-order chi connectivity index (χ1) is 15.3. The van der Waals surface area contributed by atoms with Crippen molar-refractivity contribution >= 4 is 32.7 Å². The number of ketones is 1. The van der Waals surface area contributed by atoms with Gasteiger partial charge in [0.1, 0.15) is 5.58 Å². The third-order valence-corrected chi connectivity index (χ3v) is 7.76. The molecule has 1 fully saturated rings. The molecule has 0 amide bonds. The maximum Gasteiger partial charge on any atom is 0.310 e. The van der Waals surface area contributed by atoms with E-state index in [-0.39, 0.29) is 16.9 Å². The highest BCUT2D eigenvalue weighted by Gasteiger charge is 2.27. The first kappa shape index (κ1) is 22.2. The molecule has 2 aromatic carbocycles. The molecule has 168 valence electrons. The molecule has 32 heavy (non-hydrogen) atoms.